The maximum atomic E-state index is 14.6. The Kier molecular flexibility index (Phi) is 13.2. The Bertz CT molecular complexity index is 2880. The summed E-state index contributed by atoms with van der Waals surface area (Å²) in [6.07, 6.45) is -0.363. The Morgan fingerprint density at radius 3 is 2.42 bits per heavy atom. The highest BCUT2D eigenvalue weighted by Gasteiger charge is 2.39. The monoisotopic (exact) mass is 902 g/mol. The predicted molar refractivity (Wildman–Crippen MR) is 226 cm³/mol. The van der Waals surface area contributed by atoms with Crippen molar-refractivity contribution in [1.82, 2.24) is 25.0 Å². The fraction of sp³-hybridized carbons (Fsp3) is 0.318. The minimum Gasteiger partial charge on any atom is -0.494 e. The molecule has 3 heterocycles. The lowest BCUT2D eigenvalue weighted by molar-refractivity contribution is -0.137. The number of H-pyrrole nitrogens is 1. The highest BCUT2D eigenvalue weighted by Crippen LogP contribution is 2.46. The molecule has 20 heteroatoms. The van der Waals surface area contributed by atoms with E-state index in [1.54, 1.807) is 11.7 Å². The van der Waals surface area contributed by atoms with Gasteiger partial charge >= 0.3 is 6.18 Å². The van der Waals surface area contributed by atoms with Crippen molar-refractivity contribution in [3.63, 3.8) is 0 Å². The standard InChI is InChI=1S/C44H42F4N8O7S/c1-43(59,42(58)52-30-12-11-28(23-49)34(22-30)44(46,47)48)24-64(60,61)32-15-13-31(14-16-32)63-19-5-18-62-17-4-3-6-26-7-9-27(10-8-26)38-37(40-50-25-51-56(40)2)39-36-33(41(57)55-54-39)20-29(45)21-35(36)53-38/h7-16,20-22,25,37-38,53,59H,3-6,17-19,24H2,1-2H3,(H,52,58)(H,55,57)/t37-,38-,43+/m1/s1. The molecule has 0 fully saturated rings. The molecule has 15 nitrogen and oxygen atoms in total. The van der Waals surface area contributed by atoms with Gasteiger partial charge in [-0.05, 0) is 91.9 Å². The Morgan fingerprint density at radius 2 is 1.73 bits per heavy atom. The van der Waals surface area contributed by atoms with Gasteiger partial charge in [0.05, 0.1) is 57.5 Å². The Morgan fingerprint density at radius 1 is 1.00 bits per heavy atom. The molecule has 334 valence electrons. The third-order valence-electron chi connectivity index (χ3n) is 10.7. The number of sulfone groups is 1. The van der Waals surface area contributed by atoms with E-state index in [1.807, 2.05) is 24.3 Å². The minimum atomic E-state index is -4.88. The lowest BCUT2D eigenvalue weighted by Crippen LogP contribution is -2.45. The van der Waals surface area contributed by atoms with Crippen molar-refractivity contribution in [2.45, 2.75) is 61.2 Å². The van der Waals surface area contributed by atoms with Crippen LogP contribution in [0.15, 0.2) is 94.9 Å². The number of carbonyl (C=O) groups is 1. The van der Waals surface area contributed by atoms with Gasteiger partial charge in [-0.15, -0.1) is 0 Å². The number of amides is 1. The second-order valence-electron chi connectivity index (χ2n) is 15.5. The summed E-state index contributed by atoms with van der Waals surface area (Å²) in [5.74, 6) is -2.28. The van der Waals surface area contributed by atoms with Crippen LogP contribution in [-0.4, -0.2) is 75.6 Å². The van der Waals surface area contributed by atoms with Crippen LogP contribution in [0.25, 0.3) is 10.8 Å². The van der Waals surface area contributed by atoms with Gasteiger partial charge in [0, 0.05) is 43.4 Å². The van der Waals surface area contributed by atoms with E-state index in [1.165, 1.54) is 48.8 Å². The molecule has 0 spiro atoms. The van der Waals surface area contributed by atoms with Gasteiger partial charge in [0.15, 0.2) is 15.4 Å². The highest BCUT2D eigenvalue weighted by molar-refractivity contribution is 7.91. The molecule has 1 aliphatic heterocycles. The van der Waals surface area contributed by atoms with Crippen LogP contribution in [-0.2, 0) is 39.0 Å². The molecule has 0 bridgehead atoms. The van der Waals surface area contributed by atoms with Gasteiger partial charge in [-0.25, -0.2) is 22.9 Å². The lowest BCUT2D eigenvalue weighted by Gasteiger charge is -2.33. The van der Waals surface area contributed by atoms with E-state index < -0.39 is 61.7 Å². The molecule has 0 unspecified atom stereocenters. The number of alkyl halides is 3. The van der Waals surface area contributed by atoms with Gasteiger partial charge in [0.1, 0.15) is 23.7 Å². The Labute approximate surface area is 364 Å². The summed E-state index contributed by atoms with van der Waals surface area (Å²) in [6.45, 7) is 2.19. The average Bonchev–Trinajstić information content (AvgIpc) is 3.68. The van der Waals surface area contributed by atoms with E-state index in [0.717, 1.165) is 49.4 Å². The fourth-order valence-electron chi connectivity index (χ4n) is 7.53. The van der Waals surface area contributed by atoms with Crippen molar-refractivity contribution in [3.8, 4) is 11.8 Å². The SMILES string of the molecule is Cn1ncnc1[C@H]1c2n[nH]c(=O)c3cc(F)cc(c23)N[C@@H]1c1ccc(CCCCOCCCOc2ccc(S(=O)(=O)C[C@](C)(O)C(=O)Nc3ccc(C#N)c(C(F)(F)F)c3)cc2)cc1. The molecule has 4 aromatic carbocycles. The molecule has 3 atom stereocenters. The summed E-state index contributed by atoms with van der Waals surface area (Å²) < 4.78 is 93.9. The molecular formula is C44H42F4N8O7S. The topological polar surface area (TPSA) is 214 Å². The second kappa shape index (κ2) is 18.6. The van der Waals surface area contributed by atoms with Crippen molar-refractivity contribution >= 4 is 37.9 Å². The average molecular weight is 903 g/mol. The normalized spacial score (nSPS) is 15.8. The number of nitriles is 1. The number of nitrogens with zero attached hydrogens (tertiary/aromatic N) is 5. The first-order valence-corrected chi connectivity index (χ1v) is 21.7. The van der Waals surface area contributed by atoms with E-state index in [2.05, 4.69) is 30.9 Å². The first-order valence-electron chi connectivity index (χ1n) is 20.0. The molecule has 1 aliphatic rings. The van der Waals surface area contributed by atoms with Crippen LogP contribution in [0.3, 0.4) is 0 Å². The predicted octanol–water partition coefficient (Wildman–Crippen LogP) is 6.35. The lowest BCUT2D eigenvalue weighted by atomic mass is 9.83. The summed E-state index contributed by atoms with van der Waals surface area (Å²) in [7, 11) is -2.46. The van der Waals surface area contributed by atoms with E-state index >= 15 is 0 Å². The number of aromatic amines is 1. The molecule has 0 radical (unpaired) electrons. The minimum absolute atomic E-state index is 0.202. The molecule has 0 saturated heterocycles. The van der Waals surface area contributed by atoms with Crippen LogP contribution in [0.1, 0.15) is 71.9 Å². The van der Waals surface area contributed by atoms with Crippen molar-refractivity contribution in [1.29, 1.82) is 5.26 Å². The van der Waals surface area contributed by atoms with E-state index in [-0.39, 0.29) is 28.6 Å². The van der Waals surface area contributed by atoms with Crippen LogP contribution in [0.2, 0.25) is 0 Å². The van der Waals surface area contributed by atoms with Crippen molar-refractivity contribution < 1.29 is 45.4 Å². The van der Waals surface area contributed by atoms with Crippen LogP contribution in [0, 0.1) is 17.1 Å². The summed E-state index contributed by atoms with van der Waals surface area (Å²) in [5, 5.41) is 37.2. The zero-order chi connectivity index (χ0) is 45.8. The number of aromatic nitrogens is 5. The molecule has 6 aromatic rings. The Hall–Kier alpha value is -6.69. The number of unbranched alkanes of at least 4 members (excludes halogenated alkanes) is 1. The second-order valence-corrected chi connectivity index (χ2v) is 17.5. The number of hydrogen-bond acceptors (Lipinski definition) is 12. The number of rotatable bonds is 17. The van der Waals surface area contributed by atoms with Crippen LogP contribution in [0.5, 0.6) is 5.75 Å². The number of hydrogen-bond donors (Lipinski definition) is 4. The molecule has 0 saturated carbocycles. The van der Waals surface area contributed by atoms with E-state index in [0.29, 0.717) is 54.0 Å². The summed E-state index contributed by atoms with van der Waals surface area (Å²) >= 11 is 0. The van der Waals surface area contributed by atoms with Gasteiger partial charge in [-0.1, -0.05) is 24.3 Å². The number of nitrogens with one attached hydrogen (secondary N) is 3. The first kappa shape index (κ1) is 45.3. The van der Waals surface area contributed by atoms with Crippen molar-refractivity contribution in [2.24, 2.45) is 7.05 Å². The highest BCUT2D eigenvalue weighted by atomic mass is 32.2. The fourth-order valence-corrected chi connectivity index (χ4v) is 9.12. The molecule has 7 rings (SSSR count). The number of carbonyl (C=O) groups excluding carboxylic acids is 1. The van der Waals surface area contributed by atoms with Gasteiger partial charge in [0.2, 0.25) is 0 Å². The summed E-state index contributed by atoms with van der Waals surface area (Å²) in [6, 6.07) is 19.5. The van der Waals surface area contributed by atoms with Gasteiger partial charge < -0.3 is 25.2 Å². The van der Waals surface area contributed by atoms with Crippen LogP contribution in [0.4, 0.5) is 28.9 Å². The summed E-state index contributed by atoms with van der Waals surface area (Å²) in [4.78, 5) is 29.6. The molecule has 0 aliphatic carbocycles. The third kappa shape index (κ3) is 10.1. The molecule has 64 heavy (non-hydrogen) atoms. The quantitative estimate of drug-likeness (QED) is 0.0582. The number of aryl methyl sites for hydroxylation is 2. The van der Waals surface area contributed by atoms with Gasteiger partial charge in [-0.2, -0.15) is 28.6 Å². The first-order chi connectivity index (χ1) is 30.4. The maximum Gasteiger partial charge on any atom is 0.417 e. The number of benzene rings is 4. The summed E-state index contributed by atoms with van der Waals surface area (Å²) in [5.41, 5.74) is -2.25. The molecule has 1 amide bonds. The van der Waals surface area contributed by atoms with Crippen molar-refractivity contribution in [3.05, 3.63) is 135 Å². The van der Waals surface area contributed by atoms with Gasteiger partial charge in [0.25, 0.3) is 11.5 Å². The van der Waals surface area contributed by atoms with E-state index in [4.69, 9.17) is 14.7 Å². The zero-order valence-corrected chi connectivity index (χ0v) is 35.3. The van der Waals surface area contributed by atoms with Crippen LogP contribution >= 0.6 is 0 Å². The smallest absolute Gasteiger partial charge is 0.417 e. The van der Waals surface area contributed by atoms with Crippen molar-refractivity contribution in [2.75, 3.05) is 36.2 Å². The van der Waals surface area contributed by atoms with E-state index in [9.17, 15) is 40.7 Å². The number of halogens is 4. The number of anilines is 2. The van der Waals surface area contributed by atoms with Gasteiger partial charge in [-0.3, -0.25) is 14.3 Å². The van der Waals surface area contributed by atoms with Crippen LogP contribution < -0.4 is 20.9 Å². The largest absolute Gasteiger partial charge is 0.494 e. The molecular weight excluding hydrogens is 861 g/mol. The zero-order valence-electron chi connectivity index (χ0n) is 34.4. The number of ether oxygens (including phenoxy) is 2. The number of aliphatic hydroxyl groups is 1. The molecule has 2 aromatic heterocycles. The molecule has 4 N–H and O–H groups in total. The third-order valence-corrected chi connectivity index (χ3v) is 12.7. The maximum absolute atomic E-state index is 14.6. The Balaban J connectivity index is 0.832.